The van der Waals surface area contributed by atoms with Crippen LogP contribution in [0.1, 0.15) is 34.6 Å². The number of nitrogens with one attached hydrogen (secondary N) is 1. The maximum Gasteiger partial charge on any atom is 0.251 e. The minimum absolute atomic E-state index is 0.0818. The zero-order valence-corrected chi connectivity index (χ0v) is 17.4. The number of rotatable bonds is 6. The van der Waals surface area contributed by atoms with E-state index in [1.54, 1.807) is 18.2 Å². The Hall–Kier alpha value is -2.23. The van der Waals surface area contributed by atoms with Crippen molar-refractivity contribution in [2.24, 2.45) is 5.73 Å². The van der Waals surface area contributed by atoms with E-state index >= 15 is 0 Å². The average molecular weight is 422 g/mol. The number of hydrogen-bond acceptors (Lipinski definition) is 6. The van der Waals surface area contributed by atoms with Crippen LogP contribution in [-0.2, 0) is 27.6 Å². The molecule has 1 aliphatic rings. The fourth-order valence-corrected chi connectivity index (χ4v) is 5.71. The van der Waals surface area contributed by atoms with Crippen LogP contribution in [0, 0.1) is 0 Å². The minimum atomic E-state index is -3.77. The highest BCUT2D eigenvalue weighted by atomic mass is 32.2. The van der Waals surface area contributed by atoms with Crippen molar-refractivity contribution in [3.05, 3.63) is 46.3 Å². The minimum Gasteiger partial charge on any atom is -0.365 e. The second-order valence-electron chi connectivity index (χ2n) is 7.01. The van der Waals surface area contributed by atoms with Gasteiger partial charge in [0.05, 0.1) is 10.5 Å². The summed E-state index contributed by atoms with van der Waals surface area (Å²) in [5.74, 6) is -2.00. The summed E-state index contributed by atoms with van der Waals surface area (Å²) in [7, 11) is -3.77. The van der Waals surface area contributed by atoms with Crippen molar-refractivity contribution in [2.75, 3.05) is 17.6 Å². The van der Waals surface area contributed by atoms with Crippen LogP contribution in [0.4, 0.5) is 5.00 Å². The summed E-state index contributed by atoms with van der Waals surface area (Å²) in [6.07, 6.45) is 0.667. The number of amides is 2. The lowest BCUT2D eigenvalue weighted by Crippen LogP contribution is -2.35. The summed E-state index contributed by atoms with van der Waals surface area (Å²) < 4.78 is 24.8. The number of nitrogens with zero attached hydrogens (tertiary/aromatic N) is 1. The summed E-state index contributed by atoms with van der Waals surface area (Å²) >= 11 is 1.29. The molecule has 28 heavy (non-hydrogen) atoms. The lowest BCUT2D eigenvalue weighted by atomic mass is 10.0. The highest BCUT2D eigenvalue weighted by Gasteiger charge is 2.29. The molecule has 0 unspecified atom stereocenters. The molecule has 0 bridgehead atoms. The molecule has 3 N–H and O–H groups in total. The van der Waals surface area contributed by atoms with Gasteiger partial charge in [-0.1, -0.05) is 18.2 Å². The molecule has 0 fully saturated rings. The molecular formula is C19H23N3O4S2. The third-order valence-electron chi connectivity index (χ3n) is 4.74. The first-order valence-electron chi connectivity index (χ1n) is 8.95. The first-order valence-corrected chi connectivity index (χ1v) is 11.4. The van der Waals surface area contributed by atoms with Gasteiger partial charge in [-0.2, -0.15) is 0 Å². The van der Waals surface area contributed by atoms with Gasteiger partial charge in [-0.3, -0.25) is 14.5 Å². The van der Waals surface area contributed by atoms with E-state index in [2.05, 4.69) is 24.1 Å². The molecule has 3 rings (SSSR count). The molecule has 1 aromatic carbocycles. The molecule has 0 radical (unpaired) electrons. The summed E-state index contributed by atoms with van der Waals surface area (Å²) in [5.41, 5.74) is 6.71. The van der Waals surface area contributed by atoms with Crippen molar-refractivity contribution in [2.45, 2.75) is 37.8 Å². The molecule has 0 saturated heterocycles. The predicted molar refractivity (Wildman–Crippen MR) is 109 cm³/mol. The number of thiophene rings is 1. The van der Waals surface area contributed by atoms with Crippen LogP contribution < -0.4 is 11.1 Å². The van der Waals surface area contributed by atoms with Crippen molar-refractivity contribution < 1.29 is 18.0 Å². The van der Waals surface area contributed by atoms with E-state index < -0.39 is 27.4 Å². The first kappa shape index (κ1) is 20.5. The number of carbonyl (C=O) groups is 2. The Bertz CT molecular complexity index is 998. The number of benzene rings is 1. The van der Waals surface area contributed by atoms with Gasteiger partial charge >= 0.3 is 0 Å². The highest BCUT2D eigenvalue weighted by molar-refractivity contribution is 7.92. The van der Waals surface area contributed by atoms with Gasteiger partial charge in [-0.25, -0.2) is 8.42 Å². The topological polar surface area (TPSA) is 110 Å². The van der Waals surface area contributed by atoms with E-state index in [1.165, 1.54) is 23.5 Å². The second-order valence-corrected chi connectivity index (χ2v) is 10.1. The van der Waals surface area contributed by atoms with Crippen LogP contribution in [0.3, 0.4) is 0 Å². The van der Waals surface area contributed by atoms with E-state index in [0.29, 0.717) is 29.6 Å². The standard InChI is InChI=1S/C19H23N3O4S2/c1-12(2)22-9-8-14-15(10-22)27-19(17(14)18(20)24)21-16(23)11-28(25,26)13-6-4-3-5-7-13/h3-7,12H,8-11H2,1-2H3,(H2,20,24)(H,21,23). The van der Waals surface area contributed by atoms with Gasteiger partial charge in [0, 0.05) is 24.0 Å². The molecule has 9 heteroatoms. The lowest BCUT2D eigenvalue weighted by molar-refractivity contribution is -0.113. The van der Waals surface area contributed by atoms with Crippen molar-refractivity contribution in [1.29, 1.82) is 0 Å². The maximum atomic E-state index is 12.4. The van der Waals surface area contributed by atoms with Crippen molar-refractivity contribution >= 4 is 38.0 Å². The zero-order valence-electron chi connectivity index (χ0n) is 15.8. The maximum absolute atomic E-state index is 12.4. The molecular weight excluding hydrogens is 398 g/mol. The number of anilines is 1. The molecule has 0 aliphatic carbocycles. The number of hydrogen-bond donors (Lipinski definition) is 2. The van der Waals surface area contributed by atoms with Gasteiger partial charge in [-0.15, -0.1) is 11.3 Å². The van der Waals surface area contributed by atoms with E-state index in [9.17, 15) is 18.0 Å². The molecule has 1 aliphatic heterocycles. The zero-order chi connectivity index (χ0) is 20.5. The van der Waals surface area contributed by atoms with Crippen LogP contribution in [0.15, 0.2) is 35.2 Å². The second kappa shape index (κ2) is 8.02. The number of nitrogens with two attached hydrogens (primary N) is 1. The van der Waals surface area contributed by atoms with E-state index in [-0.39, 0.29) is 4.90 Å². The van der Waals surface area contributed by atoms with E-state index in [4.69, 9.17) is 5.73 Å². The molecule has 0 spiro atoms. The van der Waals surface area contributed by atoms with E-state index in [1.807, 2.05) is 0 Å². The van der Waals surface area contributed by atoms with Gasteiger partial charge in [0.25, 0.3) is 5.91 Å². The average Bonchev–Trinajstić information content (AvgIpc) is 2.98. The third kappa shape index (κ3) is 4.26. The molecule has 0 saturated carbocycles. The Balaban J connectivity index is 1.82. The van der Waals surface area contributed by atoms with Gasteiger partial charge in [0.1, 0.15) is 10.8 Å². The van der Waals surface area contributed by atoms with Gasteiger partial charge in [0.2, 0.25) is 5.91 Å². The molecule has 150 valence electrons. The Morgan fingerprint density at radius 3 is 2.54 bits per heavy atom. The Labute approximate surface area is 168 Å². The first-order chi connectivity index (χ1) is 13.2. The fourth-order valence-electron chi connectivity index (χ4n) is 3.26. The normalized spacial score (nSPS) is 14.7. The lowest BCUT2D eigenvalue weighted by Gasteiger charge is -2.30. The molecule has 7 nitrogen and oxygen atoms in total. The predicted octanol–water partition coefficient (Wildman–Crippen LogP) is 2.03. The number of sulfone groups is 1. The molecule has 2 aromatic rings. The summed E-state index contributed by atoms with van der Waals surface area (Å²) in [6, 6.07) is 8.16. The van der Waals surface area contributed by atoms with Gasteiger partial charge < -0.3 is 11.1 Å². The van der Waals surface area contributed by atoms with Gasteiger partial charge in [0.15, 0.2) is 9.84 Å². The van der Waals surface area contributed by atoms with Crippen LogP contribution in [0.25, 0.3) is 0 Å². The van der Waals surface area contributed by atoms with Crippen molar-refractivity contribution in [3.8, 4) is 0 Å². The summed E-state index contributed by atoms with van der Waals surface area (Å²) in [5, 5.41) is 2.93. The number of carbonyl (C=O) groups excluding carboxylic acids is 2. The van der Waals surface area contributed by atoms with Crippen LogP contribution in [0.2, 0.25) is 0 Å². The number of primary amides is 1. The quantitative estimate of drug-likeness (QED) is 0.742. The Morgan fingerprint density at radius 2 is 1.93 bits per heavy atom. The SMILES string of the molecule is CC(C)N1CCc2c(sc(NC(=O)CS(=O)(=O)c3ccccc3)c2C(N)=O)C1. The molecule has 2 heterocycles. The summed E-state index contributed by atoms with van der Waals surface area (Å²) in [6.45, 7) is 5.68. The largest absolute Gasteiger partial charge is 0.365 e. The molecule has 0 atom stereocenters. The fraction of sp³-hybridized carbons (Fsp3) is 0.368. The Morgan fingerprint density at radius 1 is 1.25 bits per heavy atom. The van der Waals surface area contributed by atoms with Crippen LogP contribution in [-0.4, -0.2) is 43.5 Å². The molecule has 1 aromatic heterocycles. The molecule has 2 amide bonds. The summed E-state index contributed by atoms with van der Waals surface area (Å²) in [4.78, 5) is 27.8. The highest BCUT2D eigenvalue weighted by Crippen LogP contribution is 2.37. The van der Waals surface area contributed by atoms with Crippen molar-refractivity contribution in [3.63, 3.8) is 0 Å². The Kier molecular flexibility index (Phi) is 5.87. The van der Waals surface area contributed by atoms with Crippen LogP contribution in [0.5, 0.6) is 0 Å². The number of fused-ring (bicyclic) bond motifs is 1. The van der Waals surface area contributed by atoms with E-state index in [0.717, 1.165) is 17.0 Å². The van der Waals surface area contributed by atoms with Crippen molar-refractivity contribution in [1.82, 2.24) is 4.90 Å². The third-order valence-corrected chi connectivity index (χ3v) is 7.50. The monoisotopic (exact) mass is 421 g/mol. The van der Waals surface area contributed by atoms with Crippen LogP contribution >= 0.6 is 11.3 Å². The van der Waals surface area contributed by atoms with Gasteiger partial charge in [-0.05, 0) is 38.0 Å². The smallest absolute Gasteiger partial charge is 0.251 e.